The predicted octanol–water partition coefficient (Wildman–Crippen LogP) is 0.958. The molecule has 5 N–H and O–H groups in total. The molecule has 1 aromatic carbocycles. The molecule has 1 aromatic rings. The molecular formula is C11H13ClN2O4. The Labute approximate surface area is 108 Å². The maximum absolute atomic E-state index is 11.0. The summed E-state index contributed by atoms with van der Waals surface area (Å²) < 4.78 is 0. The molecule has 0 aliphatic carbocycles. The fourth-order valence-corrected chi connectivity index (χ4v) is 1.67. The molecule has 1 amide bonds. The van der Waals surface area contributed by atoms with Crippen LogP contribution in [0, 0.1) is 0 Å². The number of phenols is 1. The zero-order valence-corrected chi connectivity index (χ0v) is 10.4. The Morgan fingerprint density at radius 1 is 1.50 bits per heavy atom. The van der Waals surface area contributed by atoms with Gasteiger partial charge >= 0.3 is 5.97 Å². The first-order valence-corrected chi connectivity index (χ1v) is 5.47. The minimum atomic E-state index is -1.19. The van der Waals surface area contributed by atoms with Gasteiger partial charge in [-0.1, -0.05) is 11.6 Å². The summed E-state index contributed by atoms with van der Waals surface area (Å²) in [6, 6.07) is 1.55. The molecule has 7 heteroatoms. The summed E-state index contributed by atoms with van der Waals surface area (Å²) in [6.07, 6.45) is -0.0990. The van der Waals surface area contributed by atoms with E-state index >= 15 is 0 Å². The van der Waals surface area contributed by atoms with Crippen LogP contribution >= 0.6 is 11.6 Å². The molecule has 0 aromatic heterocycles. The van der Waals surface area contributed by atoms with E-state index in [9.17, 15) is 14.7 Å². The number of carbonyl (C=O) groups excluding carboxylic acids is 1. The zero-order valence-electron chi connectivity index (χ0n) is 9.61. The van der Waals surface area contributed by atoms with Gasteiger partial charge < -0.3 is 21.3 Å². The molecule has 1 rings (SSSR count). The Hall–Kier alpha value is -1.79. The van der Waals surface area contributed by atoms with Crippen molar-refractivity contribution < 1.29 is 19.8 Å². The lowest BCUT2D eigenvalue weighted by Crippen LogP contribution is -2.32. The fraction of sp³-hybridized carbons (Fsp3) is 0.273. The highest BCUT2D eigenvalue weighted by Gasteiger charge is 2.19. The Morgan fingerprint density at radius 2 is 2.11 bits per heavy atom. The summed E-state index contributed by atoms with van der Waals surface area (Å²) in [5.74, 6) is -1.79. The number of nitrogens with one attached hydrogen (secondary N) is 1. The normalized spacial score (nSPS) is 11.9. The molecule has 0 aliphatic rings. The Morgan fingerprint density at radius 3 is 2.61 bits per heavy atom. The molecule has 0 fully saturated rings. The summed E-state index contributed by atoms with van der Waals surface area (Å²) in [5, 5.41) is 21.0. The van der Waals surface area contributed by atoms with Crippen LogP contribution in [0.2, 0.25) is 5.02 Å². The standard InChI is InChI=1S/C11H13ClN2O4/c1-5(15)14-10-6(4-8(13)11(17)18)7(12)2-3-9(10)16/h2-3,8,16H,4,13H2,1H3,(H,14,15)(H,17,18). The Balaban J connectivity index is 3.18. The quantitative estimate of drug-likeness (QED) is 0.610. The van der Waals surface area contributed by atoms with Gasteiger partial charge in [0.15, 0.2) is 0 Å². The number of rotatable bonds is 4. The monoisotopic (exact) mass is 272 g/mol. The molecule has 0 saturated carbocycles. The second kappa shape index (κ2) is 5.70. The molecule has 98 valence electrons. The van der Waals surface area contributed by atoms with Crippen LogP contribution in [0.15, 0.2) is 12.1 Å². The first kappa shape index (κ1) is 14.3. The van der Waals surface area contributed by atoms with Crippen LogP contribution in [0.25, 0.3) is 0 Å². The molecular weight excluding hydrogens is 260 g/mol. The van der Waals surface area contributed by atoms with Crippen molar-refractivity contribution in [2.75, 3.05) is 5.32 Å². The summed E-state index contributed by atoms with van der Waals surface area (Å²) in [7, 11) is 0. The first-order chi connectivity index (χ1) is 8.32. The Bertz CT molecular complexity index is 490. The van der Waals surface area contributed by atoms with Gasteiger partial charge in [0.05, 0.1) is 5.69 Å². The van der Waals surface area contributed by atoms with Crippen molar-refractivity contribution in [3.8, 4) is 5.75 Å². The highest BCUT2D eigenvalue weighted by Crippen LogP contribution is 2.33. The third kappa shape index (κ3) is 3.35. The molecule has 18 heavy (non-hydrogen) atoms. The van der Waals surface area contributed by atoms with E-state index < -0.39 is 17.9 Å². The van der Waals surface area contributed by atoms with E-state index in [1.807, 2.05) is 0 Å². The molecule has 0 radical (unpaired) electrons. The third-order valence-electron chi connectivity index (χ3n) is 2.28. The Kier molecular flexibility index (Phi) is 4.52. The van der Waals surface area contributed by atoms with Gasteiger partial charge in [-0.25, -0.2) is 0 Å². The summed E-state index contributed by atoms with van der Waals surface area (Å²) in [4.78, 5) is 21.8. The lowest BCUT2D eigenvalue weighted by molar-refractivity contribution is -0.138. The van der Waals surface area contributed by atoms with Gasteiger partial charge in [-0.05, 0) is 12.1 Å². The van der Waals surface area contributed by atoms with Gasteiger partial charge in [0.2, 0.25) is 5.91 Å². The van der Waals surface area contributed by atoms with Crippen LogP contribution in [-0.4, -0.2) is 28.1 Å². The SMILES string of the molecule is CC(=O)Nc1c(O)ccc(Cl)c1CC(N)C(=O)O. The molecule has 0 spiro atoms. The van der Waals surface area contributed by atoms with E-state index in [4.69, 9.17) is 22.4 Å². The zero-order chi connectivity index (χ0) is 13.9. The minimum Gasteiger partial charge on any atom is -0.506 e. The van der Waals surface area contributed by atoms with E-state index in [0.717, 1.165) is 0 Å². The fourth-order valence-electron chi connectivity index (χ4n) is 1.43. The average molecular weight is 273 g/mol. The second-order valence-electron chi connectivity index (χ2n) is 3.75. The number of phenolic OH excluding ortho intramolecular Hbond substituents is 1. The first-order valence-electron chi connectivity index (χ1n) is 5.09. The van der Waals surface area contributed by atoms with Gasteiger partial charge in [0.1, 0.15) is 11.8 Å². The summed E-state index contributed by atoms with van der Waals surface area (Å²) in [5.41, 5.74) is 5.80. The summed E-state index contributed by atoms with van der Waals surface area (Å²) in [6.45, 7) is 1.27. The highest BCUT2D eigenvalue weighted by atomic mass is 35.5. The number of halogens is 1. The number of carbonyl (C=O) groups is 2. The number of carboxylic acid groups (broad SMARTS) is 1. The van der Waals surface area contributed by atoms with Crippen molar-refractivity contribution in [1.29, 1.82) is 0 Å². The predicted molar refractivity (Wildman–Crippen MR) is 66.7 cm³/mol. The number of benzene rings is 1. The highest BCUT2D eigenvalue weighted by molar-refractivity contribution is 6.32. The lowest BCUT2D eigenvalue weighted by atomic mass is 10.0. The molecule has 0 aliphatic heterocycles. The summed E-state index contributed by atoms with van der Waals surface area (Å²) >= 11 is 5.92. The number of aliphatic carboxylic acids is 1. The van der Waals surface area contributed by atoms with Crippen molar-refractivity contribution in [1.82, 2.24) is 0 Å². The molecule has 0 heterocycles. The largest absolute Gasteiger partial charge is 0.506 e. The topological polar surface area (TPSA) is 113 Å². The molecule has 0 saturated heterocycles. The van der Waals surface area contributed by atoms with E-state index in [1.165, 1.54) is 19.1 Å². The van der Waals surface area contributed by atoms with E-state index in [1.54, 1.807) is 0 Å². The smallest absolute Gasteiger partial charge is 0.320 e. The molecule has 1 unspecified atom stereocenters. The van der Waals surface area contributed by atoms with Crippen LogP contribution < -0.4 is 11.1 Å². The van der Waals surface area contributed by atoms with Crippen LogP contribution in [0.5, 0.6) is 5.75 Å². The second-order valence-corrected chi connectivity index (χ2v) is 4.16. The third-order valence-corrected chi connectivity index (χ3v) is 2.63. The van der Waals surface area contributed by atoms with E-state index in [2.05, 4.69) is 5.32 Å². The van der Waals surface area contributed by atoms with Crippen LogP contribution in [0.3, 0.4) is 0 Å². The minimum absolute atomic E-state index is 0.0895. The van der Waals surface area contributed by atoms with Crippen LogP contribution in [-0.2, 0) is 16.0 Å². The van der Waals surface area contributed by atoms with Crippen molar-refractivity contribution in [3.63, 3.8) is 0 Å². The van der Waals surface area contributed by atoms with Crippen molar-refractivity contribution in [2.45, 2.75) is 19.4 Å². The maximum atomic E-state index is 11.0. The number of amides is 1. The number of carboxylic acids is 1. The lowest BCUT2D eigenvalue weighted by Gasteiger charge is -2.15. The van der Waals surface area contributed by atoms with Crippen molar-refractivity contribution >= 4 is 29.2 Å². The van der Waals surface area contributed by atoms with Gasteiger partial charge in [-0.3, -0.25) is 9.59 Å². The van der Waals surface area contributed by atoms with Crippen molar-refractivity contribution in [2.24, 2.45) is 5.73 Å². The number of hydrogen-bond donors (Lipinski definition) is 4. The molecule has 6 nitrogen and oxygen atoms in total. The number of anilines is 1. The van der Waals surface area contributed by atoms with E-state index in [-0.39, 0.29) is 22.9 Å². The van der Waals surface area contributed by atoms with Gasteiger partial charge in [0.25, 0.3) is 0 Å². The van der Waals surface area contributed by atoms with Gasteiger partial charge in [-0.2, -0.15) is 0 Å². The van der Waals surface area contributed by atoms with Crippen LogP contribution in [0.4, 0.5) is 5.69 Å². The number of aromatic hydroxyl groups is 1. The number of hydrogen-bond acceptors (Lipinski definition) is 4. The molecule has 0 bridgehead atoms. The van der Waals surface area contributed by atoms with Gasteiger partial charge in [0, 0.05) is 23.9 Å². The van der Waals surface area contributed by atoms with Gasteiger partial charge in [-0.15, -0.1) is 0 Å². The van der Waals surface area contributed by atoms with Crippen molar-refractivity contribution in [3.05, 3.63) is 22.7 Å². The number of nitrogens with two attached hydrogens (primary N) is 1. The average Bonchev–Trinajstić information content (AvgIpc) is 2.27. The van der Waals surface area contributed by atoms with E-state index in [0.29, 0.717) is 5.56 Å². The molecule has 1 atom stereocenters. The maximum Gasteiger partial charge on any atom is 0.320 e. The van der Waals surface area contributed by atoms with Crippen LogP contribution in [0.1, 0.15) is 12.5 Å².